The molecule has 0 radical (unpaired) electrons. The first-order valence-electron chi connectivity index (χ1n) is 30.8. The molecule has 5 amide bonds. The van der Waals surface area contributed by atoms with E-state index in [1.807, 2.05) is 46.4 Å². The molecule has 3 aliphatic heterocycles. The number of carboxylic acid groups (broad SMARTS) is 2. The van der Waals surface area contributed by atoms with Crippen molar-refractivity contribution in [3.05, 3.63) is 0 Å². The summed E-state index contributed by atoms with van der Waals surface area (Å²) in [6.07, 6.45) is 16.0. The number of nitrogens with zero attached hydrogens (tertiary/aromatic N) is 2. The Kier molecular flexibility index (Phi) is 19.0. The van der Waals surface area contributed by atoms with Crippen LogP contribution < -0.4 is 21.3 Å². The molecule has 6 saturated carbocycles. The average Bonchev–Trinajstić information content (AvgIpc) is 1.65. The molecule has 9 fully saturated rings. The summed E-state index contributed by atoms with van der Waals surface area (Å²) in [5, 5.41) is 49.0. The number of likely N-dealkylation sites (tertiary alicyclic amines) is 2. The predicted molar refractivity (Wildman–Crippen MR) is 314 cm³/mol. The highest BCUT2D eigenvalue weighted by Crippen LogP contribution is 2.79. The van der Waals surface area contributed by atoms with E-state index in [4.69, 9.17) is 24.4 Å². The molecule has 9 rings (SSSR count). The Morgan fingerprint density at radius 1 is 0.482 bits per heavy atom. The Labute approximate surface area is 495 Å². The maximum Gasteiger partial charge on any atom is 0.408 e. The predicted octanol–water partition coefficient (Wildman–Crippen LogP) is 9.16. The Morgan fingerprint density at radius 2 is 0.831 bits per heavy atom. The van der Waals surface area contributed by atoms with E-state index in [2.05, 4.69) is 21.3 Å². The van der Waals surface area contributed by atoms with Gasteiger partial charge in [0.05, 0.1) is 19.3 Å². The van der Waals surface area contributed by atoms with Crippen LogP contribution in [0.4, 0.5) is 14.4 Å². The van der Waals surface area contributed by atoms with E-state index in [1.54, 1.807) is 83.1 Å². The molecule has 0 aromatic heterocycles. The third-order valence-electron chi connectivity index (χ3n) is 19.9. The number of rotatable bonds is 9. The van der Waals surface area contributed by atoms with E-state index < -0.39 is 87.4 Å². The summed E-state index contributed by atoms with van der Waals surface area (Å²) in [4.78, 5) is 89.2. The van der Waals surface area contributed by atoms with Crippen molar-refractivity contribution in [1.82, 2.24) is 31.1 Å². The average molecular weight is 1170 g/mol. The van der Waals surface area contributed by atoms with Crippen LogP contribution in [0.2, 0.25) is 0 Å². The highest BCUT2D eigenvalue weighted by atomic mass is 16.6. The van der Waals surface area contributed by atoms with E-state index in [0.29, 0.717) is 43.0 Å². The molecule has 9 atom stereocenters. The van der Waals surface area contributed by atoms with Gasteiger partial charge in [-0.3, -0.25) is 9.59 Å². The zero-order chi connectivity index (χ0) is 62.8. The Morgan fingerprint density at radius 3 is 1.12 bits per heavy atom. The lowest BCUT2D eigenvalue weighted by Gasteiger charge is -2.36. The van der Waals surface area contributed by atoms with Gasteiger partial charge in [-0.25, -0.2) is 24.0 Å². The molecule has 83 heavy (non-hydrogen) atoms. The molecular formula is C63H108N6O14. The lowest BCUT2D eigenvalue weighted by atomic mass is 9.74. The smallest absolute Gasteiger partial charge is 0.408 e. The minimum Gasteiger partial charge on any atom is -0.480 e. The lowest BCUT2D eigenvalue weighted by molar-refractivity contribution is -0.150. The molecule has 3 saturated heterocycles. The molecule has 474 valence electrons. The van der Waals surface area contributed by atoms with Crippen molar-refractivity contribution < 1.29 is 68.2 Å². The van der Waals surface area contributed by atoms with Gasteiger partial charge in [0.25, 0.3) is 0 Å². The summed E-state index contributed by atoms with van der Waals surface area (Å²) in [5.74, 6) is -2.47. The topological polar surface area (TPSA) is 283 Å². The standard InChI is InChI=1S/C21H34N2O5.C21H36N2O4.C11H21NO4.C10H17NO/c1-18(2,3)14(22-17(27)28-19(4,5)6)15(24)23-12-21(10-13(23)16(25)26)11-20(21)8-7-9-20;1-18(2,3)15(22-17(26)27-19(4,5)6)16(25)23-13-21(10-14(23)11-24)12-20(21)8-7-9-20;1-10(2,3)7(8(13)14)12-9(15)16-11(4,5)6;12-5-8-4-10(7-11-8)6-9(10)2-1-3-9/h13-14H,7-12H2,1-6H3,(H,22,27)(H,25,26);14-15,24H,7-13H2,1-6H3,(H,22,26);7H,1-6H3,(H,12,15)(H,13,14);8,11-12H,1-7H2/t13-,14+,21-;14-,15+,21-;7-;8?,10-/m0010/s1. The zero-order valence-corrected chi connectivity index (χ0v) is 53.9. The third kappa shape index (κ3) is 15.2. The van der Waals surface area contributed by atoms with E-state index in [0.717, 1.165) is 31.1 Å². The Hall–Kier alpha value is -4.43. The fourth-order valence-electron chi connectivity index (χ4n) is 14.9. The number of carboxylic acids is 2. The Balaban J connectivity index is 0.000000187. The normalized spacial score (nSPS) is 29.4. The second-order valence-electron chi connectivity index (χ2n) is 32.9. The van der Waals surface area contributed by atoms with E-state index >= 15 is 0 Å². The maximum atomic E-state index is 13.4. The zero-order valence-electron chi connectivity index (χ0n) is 53.9. The minimum atomic E-state index is -1.07. The number of carbonyl (C=O) groups excluding carboxylic acids is 5. The number of amides is 5. The number of carbonyl (C=O) groups is 7. The lowest BCUT2D eigenvalue weighted by Crippen LogP contribution is -2.57. The molecule has 20 nitrogen and oxygen atoms in total. The van der Waals surface area contributed by atoms with Crippen LogP contribution in [0.5, 0.6) is 0 Å². The van der Waals surface area contributed by atoms with Gasteiger partial charge in [-0.1, -0.05) is 81.6 Å². The van der Waals surface area contributed by atoms with Crippen molar-refractivity contribution in [3.63, 3.8) is 0 Å². The van der Waals surface area contributed by atoms with Crippen LogP contribution in [0.3, 0.4) is 0 Å². The molecule has 9 aliphatic rings. The van der Waals surface area contributed by atoms with Gasteiger partial charge in [0.2, 0.25) is 11.8 Å². The first kappa shape index (κ1) is 67.7. The number of ether oxygens (including phenoxy) is 3. The molecule has 1 unspecified atom stereocenters. The third-order valence-corrected chi connectivity index (χ3v) is 19.9. The molecule has 6 spiro atoms. The first-order chi connectivity index (χ1) is 37.8. The summed E-state index contributed by atoms with van der Waals surface area (Å²) in [6, 6.07) is -3.07. The van der Waals surface area contributed by atoms with E-state index in [-0.39, 0.29) is 40.7 Å². The van der Waals surface area contributed by atoms with E-state index in [1.165, 1.54) is 75.7 Å². The summed E-state index contributed by atoms with van der Waals surface area (Å²) >= 11 is 0. The van der Waals surface area contributed by atoms with Crippen LogP contribution in [0.1, 0.15) is 221 Å². The highest BCUT2D eigenvalue weighted by Gasteiger charge is 2.75. The van der Waals surface area contributed by atoms with Gasteiger partial charge in [0.15, 0.2) is 0 Å². The van der Waals surface area contributed by atoms with Gasteiger partial charge in [0.1, 0.15) is 41.0 Å². The highest BCUT2D eigenvalue weighted by molar-refractivity contribution is 5.91. The molecule has 0 bridgehead atoms. The maximum absolute atomic E-state index is 13.4. The summed E-state index contributed by atoms with van der Waals surface area (Å²) in [6.45, 7) is 35.2. The SMILES string of the molecule is CC(C)(C)OC(=O)N[C@H](C(=O)N1C[C@]2(C[C@H]1C(=O)O)CC21CCC1)C(C)(C)C.CC(C)(C)OC(=O)N[C@H](C(=O)N1C[C@]2(C[C@H]1CO)CC21CCC1)C(C)(C)C.CC(C)(C)OC(=O)N[C@H](C(=O)O)C(C)(C)C.OCC1C[C@@]2(CN1)CC21CCC1. The number of aliphatic carboxylic acids is 2. The van der Waals surface area contributed by atoms with Crippen LogP contribution in [-0.2, 0) is 33.4 Å². The number of nitrogens with one attached hydrogen (secondary N) is 4. The minimum absolute atomic E-state index is 0.0210. The molecular weight excluding hydrogens is 1060 g/mol. The van der Waals surface area contributed by atoms with Gasteiger partial charge in [-0.2, -0.15) is 0 Å². The molecule has 0 aromatic rings. The van der Waals surface area contributed by atoms with Gasteiger partial charge in [-0.15, -0.1) is 0 Å². The van der Waals surface area contributed by atoms with Crippen molar-refractivity contribution in [2.75, 3.05) is 32.8 Å². The van der Waals surface area contributed by atoms with Crippen LogP contribution in [0, 0.1) is 48.7 Å². The fourth-order valence-corrected chi connectivity index (χ4v) is 14.9. The molecule has 3 heterocycles. The van der Waals surface area contributed by atoms with Crippen molar-refractivity contribution >= 4 is 42.0 Å². The first-order valence-corrected chi connectivity index (χ1v) is 30.8. The second kappa shape index (κ2) is 23.3. The fraction of sp³-hybridized carbons (Fsp3) is 0.889. The van der Waals surface area contributed by atoms with Crippen molar-refractivity contribution in [2.45, 2.75) is 274 Å². The van der Waals surface area contributed by atoms with Gasteiger partial charge in [0, 0.05) is 25.7 Å². The van der Waals surface area contributed by atoms with Gasteiger partial charge < -0.3 is 65.7 Å². The van der Waals surface area contributed by atoms with Gasteiger partial charge in [-0.05, 0) is 188 Å². The van der Waals surface area contributed by atoms with Crippen LogP contribution in [0.25, 0.3) is 0 Å². The number of aliphatic hydroxyl groups is 2. The van der Waals surface area contributed by atoms with Gasteiger partial charge >= 0.3 is 30.2 Å². The number of hydrogen-bond donors (Lipinski definition) is 8. The van der Waals surface area contributed by atoms with Crippen LogP contribution in [0.15, 0.2) is 0 Å². The molecule has 20 heteroatoms. The van der Waals surface area contributed by atoms with Crippen molar-refractivity contribution in [3.8, 4) is 0 Å². The van der Waals surface area contributed by atoms with Crippen LogP contribution in [-0.4, -0.2) is 158 Å². The van der Waals surface area contributed by atoms with E-state index in [9.17, 15) is 43.8 Å². The largest absolute Gasteiger partial charge is 0.480 e. The number of fused-ring (bicyclic) bond motifs is 3. The van der Waals surface area contributed by atoms with Crippen LogP contribution >= 0.6 is 0 Å². The Bertz CT molecular complexity index is 2410. The summed E-state index contributed by atoms with van der Waals surface area (Å²) in [5.41, 5.74) is -1.31. The quantitative estimate of drug-likeness (QED) is 0.0999. The second-order valence-corrected chi connectivity index (χ2v) is 32.9. The number of aliphatic hydroxyl groups excluding tert-OH is 2. The molecule has 6 aliphatic carbocycles. The monoisotopic (exact) mass is 1170 g/mol. The van der Waals surface area contributed by atoms with Crippen molar-refractivity contribution in [2.24, 2.45) is 48.7 Å². The molecule has 0 aromatic carbocycles. The molecule has 8 N–H and O–H groups in total. The van der Waals surface area contributed by atoms with Crippen molar-refractivity contribution in [1.29, 1.82) is 0 Å². The summed E-state index contributed by atoms with van der Waals surface area (Å²) < 4.78 is 15.7. The number of hydrogen-bond acceptors (Lipinski definition) is 13. The summed E-state index contributed by atoms with van der Waals surface area (Å²) in [7, 11) is 0. The number of alkyl carbamates (subject to hydrolysis) is 3.